The second kappa shape index (κ2) is 5.54. The average molecular weight is 320 g/mol. The van der Waals surface area contributed by atoms with Crippen LogP contribution in [0.15, 0.2) is 34.4 Å². The molecule has 2 heterocycles. The number of H-pyrrole nitrogens is 1. The number of aromatic amines is 1. The first kappa shape index (κ1) is 14.2. The van der Waals surface area contributed by atoms with Crippen molar-refractivity contribution in [3.8, 4) is 0 Å². The lowest BCUT2D eigenvalue weighted by Gasteiger charge is -2.08. The van der Waals surface area contributed by atoms with Gasteiger partial charge in [-0.15, -0.1) is 11.3 Å². The summed E-state index contributed by atoms with van der Waals surface area (Å²) in [6.07, 6.45) is 0.639. The topological polar surface area (TPSA) is 37.8 Å². The monoisotopic (exact) mass is 320 g/mol. The number of nitrogens with zero attached hydrogens (tertiary/aromatic N) is 1. The smallest absolute Gasteiger partial charge is 0.272 e. The molecule has 3 aromatic rings. The Hall–Kier alpha value is -1.79. The van der Waals surface area contributed by atoms with Gasteiger partial charge in [0.1, 0.15) is 10.5 Å². The van der Waals surface area contributed by atoms with Crippen LogP contribution in [0, 0.1) is 17.5 Å². The number of hydrogen-bond acceptors (Lipinski definition) is 3. The van der Waals surface area contributed by atoms with Crippen LogP contribution in [0.2, 0.25) is 0 Å². The van der Waals surface area contributed by atoms with Crippen LogP contribution in [0.5, 0.6) is 0 Å². The zero-order valence-corrected chi connectivity index (χ0v) is 13.0. The number of nitrogens with one attached hydrogen (secondary N) is 1. The first-order valence-corrected chi connectivity index (χ1v) is 7.80. The number of thiophene rings is 1. The molecule has 0 amide bonds. The van der Waals surface area contributed by atoms with E-state index in [1.54, 1.807) is 10.6 Å². The SMILES string of the molecule is Cc1cc(F)ccc1CCn1c(=S)[nH]c2ccsc2c1=O. The van der Waals surface area contributed by atoms with Crippen LogP contribution in [0.1, 0.15) is 11.1 Å². The summed E-state index contributed by atoms with van der Waals surface area (Å²) in [5.74, 6) is -0.245. The number of halogens is 1. The number of hydrogen-bond donors (Lipinski definition) is 1. The predicted molar refractivity (Wildman–Crippen MR) is 86.1 cm³/mol. The summed E-state index contributed by atoms with van der Waals surface area (Å²) in [7, 11) is 0. The van der Waals surface area contributed by atoms with E-state index in [0.29, 0.717) is 22.4 Å². The van der Waals surface area contributed by atoms with Crippen LogP contribution in [0.3, 0.4) is 0 Å². The summed E-state index contributed by atoms with van der Waals surface area (Å²) >= 11 is 6.66. The van der Waals surface area contributed by atoms with Gasteiger partial charge < -0.3 is 4.98 Å². The van der Waals surface area contributed by atoms with Crippen molar-refractivity contribution < 1.29 is 4.39 Å². The summed E-state index contributed by atoms with van der Waals surface area (Å²) in [5.41, 5.74) is 2.62. The molecule has 0 aliphatic heterocycles. The molecule has 3 nitrogen and oxygen atoms in total. The zero-order chi connectivity index (χ0) is 15.0. The van der Waals surface area contributed by atoms with Crippen molar-refractivity contribution in [1.29, 1.82) is 0 Å². The van der Waals surface area contributed by atoms with Crippen LogP contribution in [0.25, 0.3) is 10.2 Å². The summed E-state index contributed by atoms with van der Waals surface area (Å²) in [5, 5.41) is 1.87. The molecular formula is C15H13FN2OS2. The van der Waals surface area contributed by atoms with Crippen LogP contribution in [-0.4, -0.2) is 9.55 Å². The average Bonchev–Trinajstić information content (AvgIpc) is 2.89. The molecule has 0 unspecified atom stereocenters. The van der Waals surface area contributed by atoms with Gasteiger partial charge in [-0.3, -0.25) is 9.36 Å². The standard InChI is InChI=1S/C15H13FN2OS2/c1-9-8-11(16)3-2-10(9)4-6-18-14(19)13-12(5-7-21-13)17-15(18)20/h2-3,5,7-8H,4,6H2,1H3,(H,17,20). The number of fused-ring (bicyclic) bond motifs is 1. The Balaban J connectivity index is 1.95. The molecule has 0 saturated carbocycles. The lowest BCUT2D eigenvalue weighted by Crippen LogP contribution is -2.22. The highest BCUT2D eigenvalue weighted by Gasteiger charge is 2.08. The van der Waals surface area contributed by atoms with Crippen LogP contribution in [-0.2, 0) is 13.0 Å². The van der Waals surface area contributed by atoms with E-state index >= 15 is 0 Å². The lowest BCUT2D eigenvalue weighted by molar-refractivity contribution is 0.621. The van der Waals surface area contributed by atoms with Gasteiger partial charge in [-0.1, -0.05) is 6.07 Å². The van der Waals surface area contributed by atoms with Crippen molar-refractivity contribution in [2.45, 2.75) is 19.9 Å². The number of benzene rings is 1. The molecule has 1 N–H and O–H groups in total. The van der Waals surface area contributed by atoms with Gasteiger partial charge in [-0.25, -0.2) is 4.39 Å². The molecular weight excluding hydrogens is 307 g/mol. The number of aryl methyl sites for hydroxylation is 2. The lowest BCUT2D eigenvalue weighted by atomic mass is 10.1. The molecule has 0 spiro atoms. The molecule has 0 radical (unpaired) electrons. The zero-order valence-electron chi connectivity index (χ0n) is 11.4. The minimum Gasteiger partial charge on any atom is -0.331 e. The molecule has 1 aromatic carbocycles. The molecule has 0 aliphatic carbocycles. The maximum Gasteiger partial charge on any atom is 0.272 e. The maximum absolute atomic E-state index is 13.1. The van der Waals surface area contributed by atoms with E-state index in [0.717, 1.165) is 16.6 Å². The highest BCUT2D eigenvalue weighted by atomic mass is 32.1. The van der Waals surface area contributed by atoms with Gasteiger partial charge in [0.15, 0.2) is 4.77 Å². The minimum absolute atomic E-state index is 0.0662. The second-order valence-electron chi connectivity index (χ2n) is 4.87. The maximum atomic E-state index is 13.1. The molecule has 2 aromatic heterocycles. The summed E-state index contributed by atoms with van der Waals surface area (Å²) < 4.78 is 15.8. The van der Waals surface area contributed by atoms with Gasteiger partial charge in [-0.2, -0.15) is 0 Å². The van der Waals surface area contributed by atoms with E-state index in [2.05, 4.69) is 4.98 Å². The first-order valence-electron chi connectivity index (χ1n) is 6.51. The van der Waals surface area contributed by atoms with Gasteiger partial charge in [0, 0.05) is 6.54 Å². The van der Waals surface area contributed by atoms with Crippen LogP contribution >= 0.6 is 23.6 Å². The highest BCUT2D eigenvalue weighted by molar-refractivity contribution is 7.71. The Morgan fingerprint density at radius 1 is 1.38 bits per heavy atom. The van der Waals surface area contributed by atoms with Crippen molar-refractivity contribution in [3.05, 3.63) is 61.7 Å². The van der Waals surface area contributed by atoms with E-state index in [9.17, 15) is 9.18 Å². The minimum atomic E-state index is -0.245. The van der Waals surface area contributed by atoms with E-state index in [4.69, 9.17) is 12.2 Å². The Labute approximate surface area is 129 Å². The van der Waals surface area contributed by atoms with Gasteiger partial charge in [0.25, 0.3) is 5.56 Å². The Morgan fingerprint density at radius 3 is 2.95 bits per heavy atom. The summed E-state index contributed by atoms with van der Waals surface area (Å²) in [6, 6.07) is 6.55. The van der Waals surface area contributed by atoms with Crippen molar-refractivity contribution in [3.63, 3.8) is 0 Å². The van der Waals surface area contributed by atoms with Crippen molar-refractivity contribution in [2.75, 3.05) is 0 Å². The van der Waals surface area contributed by atoms with Crippen LogP contribution in [0.4, 0.5) is 4.39 Å². The van der Waals surface area contributed by atoms with Gasteiger partial charge in [0.05, 0.1) is 5.52 Å². The molecule has 3 rings (SSSR count). The first-order chi connectivity index (χ1) is 10.1. The van der Waals surface area contributed by atoms with E-state index in [1.165, 1.54) is 23.5 Å². The third-order valence-electron chi connectivity index (χ3n) is 3.50. The molecule has 6 heteroatoms. The predicted octanol–water partition coefficient (Wildman–Crippen LogP) is 3.81. The highest BCUT2D eigenvalue weighted by Crippen LogP contribution is 2.15. The molecule has 0 saturated heterocycles. The normalized spacial score (nSPS) is 11.1. The van der Waals surface area contributed by atoms with Crippen LogP contribution < -0.4 is 5.56 Å². The van der Waals surface area contributed by atoms with Crippen molar-refractivity contribution in [1.82, 2.24) is 9.55 Å². The quantitative estimate of drug-likeness (QED) is 0.745. The Morgan fingerprint density at radius 2 is 2.19 bits per heavy atom. The third kappa shape index (κ3) is 2.69. The molecule has 0 fully saturated rings. The van der Waals surface area contributed by atoms with Crippen molar-refractivity contribution in [2.24, 2.45) is 0 Å². The van der Waals surface area contributed by atoms with Crippen molar-refractivity contribution >= 4 is 33.8 Å². The Kier molecular flexibility index (Phi) is 3.73. The Bertz CT molecular complexity index is 923. The van der Waals surface area contributed by atoms with E-state index < -0.39 is 0 Å². The van der Waals surface area contributed by atoms with E-state index in [1.807, 2.05) is 18.4 Å². The van der Waals surface area contributed by atoms with Gasteiger partial charge in [0.2, 0.25) is 0 Å². The number of aromatic nitrogens is 2. The fourth-order valence-electron chi connectivity index (χ4n) is 2.35. The van der Waals surface area contributed by atoms with Gasteiger partial charge in [-0.05, 0) is 60.3 Å². The molecule has 21 heavy (non-hydrogen) atoms. The second-order valence-corrected chi connectivity index (χ2v) is 6.17. The summed E-state index contributed by atoms with van der Waals surface area (Å²) in [6.45, 7) is 2.35. The molecule has 108 valence electrons. The summed E-state index contributed by atoms with van der Waals surface area (Å²) in [4.78, 5) is 15.5. The molecule has 0 atom stereocenters. The number of rotatable bonds is 3. The largest absolute Gasteiger partial charge is 0.331 e. The molecule has 0 bridgehead atoms. The molecule has 0 aliphatic rings. The van der Waals surface area contributed by atoms with E-state index in [-0.39, 0.29) is 11.4 Å². The van der Waals surface area contributed by atoms with Gasteiger partial charge >= 0.3 is 0 Å². The fourth-order valence-corrected chi connectivity index (χ4v) is 3.43. The third-order valence-corrected chi connectivity index (χ3v) is 4.73. The fraction of sp³-hybridized carbons (Fsp3) is 0.200.